The Morgan fingerprint density at radius 2 is 1.79 bits per heavy atom. The monoisotopic (exact) mass is 454 g/mol. The van der Waals surface area contributed by atoms with Crippen LogP contribution in [-0.2, 0) is 9.59 Å². The smallest absolute Gasteiger partial charge is 0.229 e. The number of anilines is 2. The van der Waals surface area contributed by atoms with Gasteiger partial charge in [-0.2, -0.15) is 0 Å². The second kappa shape index (κ2) is 8.22. The minimum atomic E-state index is -0.434. The number of para-hydroxylation sites is 2. The standard InChI is InChI=1S/C26H22N4O4/c31-24-13-17(15-30(24)19-9-10-22-23(14-19)34-12-11-33-22)26(32)27-18-7-5-16(6-8-18)25-28-20-3-1-2-4-21(20)29-25/h1-10,14,17H,11-13,15H2,(H,27,32)(H,28,29). The van der Waals surface area contributed by atoms with Gasteiger partial charge in [0, 0.05) is 36.0 Å². The maximum atomic E-state index is 12.9. The predicted molar refractivity (Wildman–Crippen MR) is 128 cm³/mol. The molecule has 8 heteroatoms. The number of ether oxygens (including phenoxy) is 2. The molecule has 170 valence electrons. The summed E-state index contributed by atoms with van der Waals surface area (Å²) in [6.07, 6.45) is 0.164. The summed E-state index contributed by atoms with van der Waals surface area (Å²) in [6, 6.07) is 20.8. The first-order valence-electron chi connectivity index (χ1n) is 11.2. The van der Waals surface area contributed by atoms with Crippen LogP contribution in [0.2, 0.25) is 0 Å². The third kappa shape index (κ3) is 3.73. The highest BCUT2D eigenvalue weighted by molar-refractivity contribution is 6.03. The topological polar surface area (TPSA) is 96.5 Å². The van der Waals surface area contributed by atoms with Crippen LogP contribution in [0.4, 0.5) is 11.4 Å². The quantitative estimate of drug-likeness (QED) is 0.486. The van der Waals surface area contributed by atoms with Crippen LogP contribution >= 0.6 is 0 Å². The van der Waals surface area contributed by atoms with Crippen LogP contribution in [0.3, 0.4) is 0 Å². The highest BCUT2D eigenvalue weighted by atomic mass is 16.6. The van der Waals surface area contributed by atoms with Crippen molar-refractivity contribution in [2.24, 2.45) is 5.92 Å². The summed E-state index contributed by atoms with van der Waals surface area (Å²) in [5, 5.41) is 2.94. The van der Waals surface area contributed by atoms with Crippen molar-refractivity contribution in [2.75, 3.05) is 30.0 Å². The van der Waals surface area contributed by atoms with Gasteiger partial charge in [0.05, 0.1) is 17.0 Å². The van der Waals surface area contributed by atoms with Crippen LogP contribution in [0.25, 0.3) is 22.4 Å². The molecule has 2 amide bonds. The number of nitrogens with one attached hydrogen (secondary N) is 2. The van der Waals surface area contributed by atoms with Crippen molar-refractivity contribution in [3.63, 3.8) is 0 Å². The zero-order valence-electron chi connectivity index (χ0n) is 18.3. The number of H-pyrrole nitrogens is 1. The molecule has 0 spiro atoms. The minimum Gasteiger partial charge on any atom is -0.486 e. The first-order valence-corrected chi connectivity index (χ1v) is 11.2. The van der Waals surface area contributed by atoms with Crippen LogP contribution < -0.4 is 19.7 Å². The first kappa shape index (κ1) is 20.3. The van der Waals surface area contributed by atoms with Gasteiger partial charge in [-0.1, -0.05) is 12.1 Å². The third-order valence-electron chi connectivity index (χ3n) is 6.15. The van der Waals surface area contributed by atoms with Crippen LogP contribution in [0.15, 0.2) is 66.7 Å². The van der Waals surface area contributed by atoms with E-state index >= 15 is 0 Å². The van der Waals surface area contributed by atoms with Gasteiger partial charge in [0.25, 0.3) is 0 Å². The highest BCUT2D eigenvalue weighted by Crippen LogP contribution is 2.36. The number of rotatable bonds is 4. The fourth-order valence-corrected chi connectivity index (χ4v) is 4.38. The number of aromatic nitrogens is 2. The number of nitrogens with zero attached hydrogens (tertiary/aromatic N) is 2. The van der Waals surface area contributed by atoms with Crippen LogP contribution in [-0.4, -0.2) is 41.5 Å². The Labute approximate surface area is 195 Å². The summed E-state index contributed by atoms with van der Waals surface area (Å²) in [4.78, 5) is 35.1. The Hall–Kier alpha value is -4.33. The van der Waals surface area contributed by atoms with Gasteiger partial charge in [0.2, 0.25) is 11.8 Å². The molecule has 1 aromatic heterocycles. The molecule has 1 saturated heterocycles. The molecular weight excluding hydrogens is 432 g/mol. The van der Waals surface area contributed by atoms with E-state index < -0.39 is 5.92 Å². The molecular formula is C26H22N4O4. The van der Waals surface area contributed by atoms with Gasteiger partial charge < -0.3 is 24.7 Å². The van der Waals surface area contributed by atoms with E-state index in [2.05, 4.69) is 15.3 Å². The fourth-order valence-electron chi connectivity index (χ4n) is 4.38. The third-order valence-corrected chi connectivity index (χ3v) is 6.15. The number of imidazole rings is 1. The van der Waals surface area contributed by atoms with Gasteiger partial charge in [-0.05, 0) is 48.5 Å². The van der Waals surface area contributed by atoms with Crippen molar-refractivity contribution in [2.45, 2.75) is 6.42 Å². The molecule has 2 aliphatic heterocycles. The summed E-state index contributed by atoms with van der Waals surface area (Å²) < 4.78 is 11.2. The summed E-state index contributed by atoms with van der Waals surface area (Å²) in [5.41, 5.74) is 4.19. The van der Waals surface area contributed by atoms with E-state index in [1.165, 1.54) is 0 Å². The van der Waals surface area contributed by atoms with Gasteiger partial charge in [0.15, 0.2) is 11.5 Å². The van der Waals surface area contributed by atoms with Crippen molar-refractivity contribution in [1.82, 2.24) is 9.97 Å². The fraction of sp³-hybridized carbons (Fsp3) is 0.192. The number of hydrogen-bond donors (Lipinski definition) is 2. The van der Waals surface area contributed by atoms with Crippen molar-refractivity contribution in [1.29, 1.82) is 0 Å². The molecule has 0 bridgehead atoms. The summed E-state index contributed by atoms with van der Waals surface area (Å²) in [7, 11) is 0. The molecule has 2 N–H and O–H groups in total. The molecule has 3 aromatic carbocycles. The van der Waals surface area contributed by atoms with E-state index in [0.29, 0.717) is 42.6 Å². The SMILES string of the molecule is O=C(Nc1ccc(-c2nc3ccccc3[nH]2)cc1)C1CC(=O)N(c2ccc3c(c2)OCCO3)C1. The molecule has 3 heterocycles. The molecule has 2 aliphatic rings. The number of amides is 2. The largest absolute Gasteiger partial charge is 0.486 e. The number of aromatic amines is 1. The van der Waals surface area contributed by atoms with Gasteiger partial charge in [-0.3, -0.25) is 9.59 Å². The molecule has 4 aromatic rings. The summed E-state index contributed by atoms with van der Waals surface area (Å²) >= 11 is 0. The second-order valence-corrected chi connectivity index (χ2v) is 8.40. The van der Waals surface area contributed by atoms with Crippen molar-refractivity contribution < 1.29 is 19.1 Å². The van der Waals surface area contributed by atoms with E-state index in [0.717, 1.165) is 22.4 Å². The number of benzene rings is 3. The normalized spacial score (nSPS) is 17.2. The Bertz CT molecular complexity index is 1360. The summed E-state index contributed by atoms with van der Waals surface area (Å²) in [6.45, 7) is 1.31. The van der Waals surface area contributed by atoms with Crippen molar-refractivity contribution in [3.8, 4) is 22.9 Å². The van der Waals surface area contributed by atoms with E-state index in [1.54, 1.807) is 17.0 Å². The molecule has 0 aliphatic carbocycles. The predicted octanol–water partition coefficient (Wildman–Crippen LogP) is 3.99. The molecule has 1 fully saturated rings. The number of hydrogen-bond acceptors (Lipinski definition) is 5. The Kier molecular flexibility index (Phi) is 4.91. The number of carbonyl (C=O) groups excluding carboxylic acids is 2. The molecule has 1 atom stereocenters. The molecule has 34 heavy (non-hydrogen) atoms. The molecule has 0 radical (unpaired) electrons. The van der Waals surface area contributed by atoms with Crippen molar-refractivity contribution >= 4 is 34.2 Å². The second-order valence-electron chi connectivity index (χ2n) is 8.40. The Balaban J connectivity index is 1.13. The van der Waals surface area contributed by atoms with Crippen LogP contribution in [0.1, 0.15) is 6.42 Å². The minimum absolute atomic E-state index is 0.0861. The molecule has 0 saturated carbocycles. The van der Waals surface area contributed by atoms with Gasteiger partial charge >= 0.3 is 0 Å². The molecule has 1 unspecified atom stereocenters. The maximum Gasteiger partial charge on any atom is 0.229 e. The average molecular weight is 454 g/mol. The van der Waals surface area contributed by atoms with Crippen LogP contribution in [0.5, 0.6) is 11.5 Å². The highest BCUT2D eigenvalue weighted by Gasteiger charge is 2.35. The van der Waals surface area contributed by atoms with Gasteiger partial charge in [-0.25, -0.2) is 4.98 Å². The lowest BCUT2D eigenvalue weighted by atomic mass is 10.1. The Morgan fingerprint density at radius 1 is 1.00 bits per heavy atom. The lowest BCUT2D eigenvalue weighted by Gasteiger charge is -2.22. The lowest BCUT2D eigenvalue weighted by molar-refractivity contribution is -0.122. The maximum absolute atomic E-state index is 12.9. The lowest BCUT2D eigenvalue weighted by Crippen LogP contribution is -2.28. The Morgan fingerprint density at radius 3 is 2.62 bits per heavy atom. The zero-order valence-corrected chi connectivity index (χ0v) is 18.3. The van der Waals surface area contributed by atoms with E-state index in [1.807, 2.05) is 54.6 Å². The van der Waals surface area contributed by atoms with Crippen molar-refractivity contribution in [3.05, 3.63) is 66.7 Å². The molecule has 6 rings (SSSR count). The first-order chi connectivity index (χ1) is 16.6. The van der Waals surface area contributed by atoms with Gasteiger partial charge in [0.1, 0.15) is 19.0 Å². The van der Waals surface area contributed by atoms with Crippen LogP contribution in [0, 0.1) is 5.92 Å². The average Bonchev–Trinajstić information content (AvgIpc) is 3.48. The summed E-state index contributed by atoms with van der Waals surface area (Å²) in [5.74, 6) is 1.37. The van der Waals surface area contributed by atoms with Gasteiger partial charge in [-0.15, -0.1) is 0 Å². The zero-order chi connectivity index (χ0) is 23.1. The van der Waals surface area contributed by atoms with E-state index in [4.69, 9.17) is 9.47 Å². The number of fused-ring (bicyclic) bond motifs is 2. The molecule has 8 nitrogen and oxygen atoms in total. The van der Waals surface area contributed by atoms with E-state index in [-0.39, 0.29) is 18.2 Å². The number of carbonyl (C=O) groups is 2. The van der Waals surface area contributed by atoms with E-state index in [9.17, 15) is 9.59 Å².